The molecule has 1 aliphatic rings. The van der Waals surface area contributed by atoms with E-state index < -0.39 is 15.9 Å². The Bertz CT molecular complexity index is 1310. The average Bonchev–Trinajstić information content (AvgIpc) is 3.08. The van der Waals surface area contributed by atoms with Crippen molar-refractivity contribution in [3.05, 3.63) is 52.8 Å². The molecule has 0 saturated carbocycles. The zero-order valence-electron chi connectivity index (χ0n) is 18.6. The van der Waals surface area contributed by atoms with Crippen LogP contribution in [0.1, 0.15) is 30.6 Å². The number of benzene rings is 2. The summed E-state index contributed by atoms with van der Waals surface area (Å²) in [5.74, 6) is 0.948. The van der Waals surface area contributed by atoms with E-state index >= 15 is 0 Å². The van der Waals surface area contributed by atoms with E-state index in [2.05, 4.69) is 18.8 Å². The van der Waals surface area contributed by atoms with Crippen molar-refractivity contribution in [1.82, 2.24) is 8.87 Å². The van der Waals surface area contributed by atoms with Gasteiger partial charge in [-0.15, -0.1) is 0 Å². The Morgan fingerprint density at radius 1 is 1.09 bits per heavy atom. The van der Waals surface area contributed by atoms with E-state index in [0.29, 0.717) is 41.0 Å². The highest BCUT2D eigenvalue weighted by Crippen LogP contribution is 2.28. The minimum Gasteiger partial charge on any atom is -0.495 e. The van der Waals surface area contributed by atoms with E-state index in [1.54, 1.807) is 11.4 Å². The molecule has 32 heavy (non-hydrogen) atoms. The third-order valence-corrected chi connectivity index (χ3v) is 8.72. The Hall–Kier alpha value is -2.49. The van der Waals surface area contributed by atoms with E-state index in [-0.39, 0.29) is 4.90 Å². The van der Waals surface area contributed by atoms with Crippen molar-refractivity contribution < 1.29 is 17.9 Å². The van der Waals surface area contributed by atoms with Crippen LogP contribution < -0.4 is 9.54 Å². The number of rotatable bonds is 4. The third kappa shape index (κ3) is 4.24. The summed E-state index contributed by atoms with van der Waals surface area (Å²) in [5.41, 5.74) is 1.21. The van der Waals surface area contributed by atoms with Crippen LogP contribution in [0.5, 0.6) is 5.75 Å². The minimum atomic E-state index is -3.59. The molecule has 1 aromatic heterocycles. The van der Waals surface area contributed by atoms with Gasteiger partial charge in [0.2, 0.25) is 10.0 Å². The number of ether oxygens (including phenoxy) is 1. The van der Waals surface area contributed by atoms with Crippen molar-refractivity contribution in [3.63, 3.8) is 0 Å². The van der Waals surface area contributed by atoms with Gasteiger partial charge in [-0.05, 0) is 54.7 Å². The largest absolute Gasteiger partial charge is 0.495 e. The van der Waals surface area contributed by atoms with E-state index in [9.17, 15) is 13.2 Å². The molecule has 170 valence electrons. The number of aryl methyl sites for hydroxylation is 1. The maximum Gasteiger partial charge on any atom is 0.279 e. The van der Waals surface area contributed by atoms with Gasteiger partial charge in [0.15, 0.2) is 4.80 Å². The zero-order valence-corrected chi connectivity index (χ0v) is 20.2. The average molecular weight is 474 g/mol. The van der Waals surface area contributed by atoms with Gasteiger partial charge in [-0.1, -0.05) is 31.3 Å². The van der Waals surface area contributed by atoms with Crippen molar-refractivity contribution in [2.24, 2.45) is 23.9 Å². The first-order chi connectivity index (χ1) is 15.2. The first-order valence-corrected chi connectivity index (χ1v) is 12.8. The Balaban J connectivity index is 1.62. The number of sulfonamides is 1. The normalized spacial score (nSPS) is 20.6. The summed E-state index contributed by atoms with van der Waals surface area (Å²) in [7, 11) is -0.142. The number of aromatic nitrogens is 1. The molecule has 7 nitrogen and oxygen atoms in total. The second-order valence-electron chi connectivity index (χ2n) is 8.46. The molecule has 1 fully saturated rings. The molecule has 1 saturated heterocycles. The van der Waals surface area contributed by atoms with Gasteiger partial charge in [-0.3, -0.25) is 4.79 Å². The number of nitrogens with zero attached hydrogens (tertiary/aromatic N) is 3. The molecule has 4 rings (SSSR count). The fraction of sp³-hybridized carbons (Fsp3) is 0.391. The first kappa shape index (κ1) is 22.7. The van der Waals surface area contributed by atoms with E-state index in [1.165, 1.54) is 35.6 Å². The van der Waals surface area contributed by atoms with Gasteiger partial charge in [0, 0.05) is 25.7 Å². The van der Waals surface area contributed by atoms with Crippen LogP contribution in [0.25, 0.3) is 10.2 Å². The van der Waals surface area contributed by atoms with Crippen molar-refractivity contribution >= 4 is 37.5 Å². The zero-order chi connectivity index (χ0) is 23.0. The van der Waals surface area contributed by atoms with Crippen LogP contribution in [0.15, 0.2) is 52.4 Å². The predicted octanol–water partition coefficient (Wildman–Crippen LogP) is 3.66. The molecule has 0 bridgehead atoms. The van der Waals surface area contributed by atoms with Crippen molar-refractivity contribution in [3.8, 4) is 5.75 Å². The van der Waals surface area contributed by atoms with Gasteiger partial charge in [0.1, 0.15) is 11.3 Å². The van der Waals surface area contributed by atoms with Crippen LogP contribution in [0, 0.1) is 11.8 Å². The summed E-state index contributed by atoms with van der Waals surface area (Å²) < 4.78 is 35.9. The van der Waals surface area contributed by atoms with Crippen molar-refractivity contribution in [2.75, 3.05) is 20.2 Å². The molecule has 0 N–H and O–H groups in total. The lowest BCUT2D eigenvalue weighted by molar-refractivity contribution is 0.0998. The molecule has 9 heteroatoms. The summed E-state index contributed by atoms with van der Waals surface area (Å²) in [6, 6.07) is 11.8. The van der Waals surface area contributed by atoms with Gasteiger partial charge in [0.25, 0.3) is 5.91 Å². The highest BCUT2D eigenvalue weighted by atomic mass is 32.2. The topological polar surface area (TPSA) is 81.0 Å². The lowest BCUT2D eigenvalue weighted by Gasteiger charge is -2.34. The molecule has 0 spiro atoms. The van der Waals surface area contributed by atoms with Crippen molar-refractivity contribution in [2.45, 2.75) is 25.2 Å². The van der Waals surface area contributed by atoms with Gasteiger partial charge >= 0.3 is 0 Å². The molecule has 0 unspecified atom stereocenters. The fourth-order valence-electron chi connectivity index (χ4n) is 4.31. The Morgan fingerprint density at radius 2 is 1.75 bits per heavy atom. The summed E-state index contributed by atoms with van der Waals surface area (Å²) >= 11 is 1.40. The predicted molar refractivity (Wildman–Crippen MR) is 125 cm³/mol. The highest BCUT2D eigenvalue weighted by molar-refractivity contribution is 7.89. The number of amides is 1. The van der Waals surface area contributed by atoms with Crippen LogP contribution in [-0.4, -0.2) is 43.4 Å². The third-order valence-electron chi connectivity index (χ3n) is 5.78. The number of hydrogen-bond acceptors (Lipinski definition) is 5. The Kier molecular flexibility index (Phi) is 6.24. The molecule has 3 aromatic rings. The molecule has 1 aliphatic heterocycles. The fourth-order valence-corrected chi connectivity index (χ4v) is 7.03. The summed E-state index contributed by atoms with van der Waals surface area (Å²) in [4.78, 5) is 17.8. The number of hydrogen-bond donors (Lipinski definition) is 0. The second-order valence-corrected chi connectivity index (χ2v) is 11.4. The minimum absolute atomic E-state index is 0.201. The number of fused-ring (bicyclic) bond motifs is 1. The standard InChI is InChI=1S/C23H27N3O4S2/c1-15-12-16(2)14-26(13-15)32(28,29)18-10-8-17(9-11-18)22(27)24-23-25(3)21-19(30-4)6-5-7-20(21)31-23/h5-11,15-16H,12-14H2,1-4H3/t15-,16+. The van der Waals surface area contributed by atoms with Gasteiger partial charge < -0.3 is 9.30 Å². The highest BCUT2D eigenvalue weighted by Gasteiger charge is 2.31. The van der Waals surface area contributed by atoms with Gasteiger partial charge in [-0.2, -0.15) is 9.30 Å². The Labute approximate surface area is 192 Å². The summed E-state index contributed by atoms with van der Waals surface area (Å²) in [6.45, 7) is 5.19. The maximum atomic E-state index is 13.1. The molecule has 2 aromatic carbocycles. The lowest BCUT2D eigenvalue weighted by atomic mass is 9.94. The molecular weight excluding hydrogens is 446 g/mol. The maximum absolute atomic E-state index is 13.1. The van der Waals surface area contributed by atoms with Crippen LogP contribution in [0.4, 0.5) is 0 Å². The molecule has 2 heterocycles. The molecule has 2 atom stereocenters. The quantitative estimate of drug-likeness (QED) is 0.579. The van der Waals surface area contributed by atoms with E-state index in [0.717, 1.165) is 16.6 Å². The molecule has 0 radical (unpaired) electrons. The number of methoxy groups -OCH3 is 1. The summed E-state index contributed by atoms with van der Waals surface area (Å²) in [6.07, 6.45) is 1.03. The molecule has 1 amide bonds. The van der Waals surface area contributed by atoms with E-state index in [1.807, 2.05) is 29.8 Å². The van der Waals surface area contributed by atoms with E-state index in [4.69, 9.17) is 4.74 Å². The lowest BCUT2D eigenvalue weighted by Crippen LogP contribution is -2.42. The SMILES string of the molecule is COc1cccc2sc(=NC(=O)c3ccc(S(=O)(=O)N4C[C@H](C)C[C@H](C)C4)cc3)n(C)c12. The second kappa shape index (κ2) is 8.80. The number of piperidine rings is 1. The summed E-state index contributed by atoms with van der Waals surface area (Å²) in [5, 5.41) is 0. The van der Waals surface area contributed by atoms with Gasteiger partial charge in [-0.25, -0.2) is 8.42 Å². The number of para-hydroxylation sites is 1. The molecular formula is C23H27N3O4S2. The van der Waals surface area contributed by atoms with Gasteiger partial charge in [0.05, 0.1) is 16.7 Å². The van der Waals surface area contributed by atoms with Crippen molar-refractivity contribution in [1.29, 1.82) is 0 Å². The van der Waals surface area contributed by atoms with Crippen LogP contribution >= 0.6 is 11.3 Å². The smallest absolute Gasteiger partial charge is 0.279 e. The molecule has 0 aliphatic carbocycles. The number of carbonyl (C=O) groups is 1. The number of thiazole rings is 1. The number of carbonyl (C=O) groups excluding carboxylic acids is 1. The van der Waals surface area contributed by atoms with Crippen LogP contribution in [-0.2, 0) is 17.1 Å². The first-order valence-electron chi connectivity index (χ1n) is 10.5. The Morgan fingerprint density at radius 3 is 2.38 bits per heavy atom. The monoisotopic (exact) mass is 473 g/mol. The van der Waals surface area contributed by atoms with Crippen LogP contribution in [0.2, 0.25) is 0 Å². The van der Waals surface area contributed by atoms with Crippen LogP contribution in [0.3, 0.4) is 0 Å².